The highest BCUT2D eigenvalue weighted by molar-refractivity contribution is 5.04. The van der Waals surface area contributed by atoms with Crippen LogP contribution in [0.4, 0.5) is 0 Å². The second-order valence-electron chi connectivity index (χ2n) is 4.47. The molecule has 1 saturated heterocycles. The molecule has 1 N–H and O–H groups in total. The van der Waals surface area contributed by atoms with E-state index in [0.29, 0.717) is 18.1 Å². The molecular formula is C12H23NO. The maximum Gasteiger partial charge on any atom is 0.0551 e. The van der Waals surface area contributed by atoms with Crippen LogP contribution < -0.4 is 5.32 Å². The van der Waals surface area contributed by atoms with Crippen LogP contribution in [0.3, 0.4) is 0 Å². The number of ether oxygens (including phenoxy) is 1. The molecule has 2 heteroatoms. The van der Waals surface area contributed by atoms with E-state index in [1.165, 1.54) is 12.0 Å². The first kappa shape index (κ1) is 11.7. The van der Waals surface area contributed by atoms with Crippen LogP contribution in [0.2, 0.25) is 0 Å². The Hall–Kier alpha value is -0.340. The van der Waals surface area contributed by atoms with Crippen LogP contribution >= 0.6 is 0 Å². The van der Waals surface area contributed by atoms with Crippen molar-refractivity contribution in [2.24, 2.45) is 5.92 Å². The molecule has 14 heavy (non-hydrogen) atoms. The molecule has 1 rings (SSSR count). The molecule has 0 aromatic rings. The number of hydrogen-bond donors (Lipinski definition) is 1. The first-order chi connectivity index (χ1) is 6.63. The Morgan fingerprint density at radius 2 is 2.29 bits per heavy atom. The van der Waals surface area contributed by atoms with E-state index >= 15 is 0 Å². The van der Waals surface area contributed by atoms with Crippen molar-refractivity contribution in [2.45, 2.75) is 46.3 Å². The van der Waals surface area contributed by atoms with Crippen molar-refractivity contribution in [3.05, 3.63) is 11.6 Å². The van der Waals surface area contributed by atoms with Gasteiger partial charge in [0.2, 0.25) is 0 Å². The van der Waals surface area contributed by atoms with Gasteiger partial charge in [-0.3, -0.25) is 0 Å². The zero-order valence-electron chi connectivity index (χ0n) is 9.84. The molecule has 1 aliphatic rings. The molecule has 82 valence electrons. The van der Waals surface area contributed by atoms with Crippen molar-refractivity contribution in [3.8, 4) is 0 Å². The molecule has 0 aliphatic carbocycles. The van der Waals surface area contributed by atoms with Gasteiger partial charge in [-0.2, -0.15) is 0 Å². The molecule has 1 heterocycles. The fraction of sp³-hybridized carbons (Fsp3) is 0.833. The van der Waals surface area contributed by atoms with Gasteiger partial charge in [0.25, 0.3) is 0 Å². The Kier molecular flexibility index (Phi) is 4.63. The van der Waals surface area contributed by atoms with Crippen molar-refractivity contribution < 1.29 is 4.74 Å². The van der Waals surface area contributed by atoms with Gasteiger partial charge in [-0.1, -0.05) is 18.6 Å². The minimum atomic E-state index is 0.437. The zero-order valence-corrected chi connectivity index (χ0v) is 9.84. The number of nitrogens with one attached hydrogen (secondary N) is 1. The maximum atomic E-state index is 5.61. The summed E-state index contributed by atoms with van der Waals surface area (Å²) in [6, 6.07) is 0.495. The lowest BCUT2D eigenvalue weighted by molar-refractivity contribution is 0.118. The van der Waals surface area contributed by atoms with Crippen molar-refractivity contribution in [3.63, 3.8) is 0 Å². The third-order valence-corrected chi connectivity index (χ3v) is 2.69. The Bertz CT molecular complexity index is 196. The summed E-state index contributed by atoms with van der Waals surface area (Å²) in [5.41, 5.74) is 1.38. The number of rotatable bonds is 4. The Morgan fingerprint density at radius 3 is 2.71 bits per heavy atom. The first-order valence-electron chi connectivity index (χ1n) is 5.63. The van der Waals surface area contributed by atoms with Gasteiger partial charge < -0.3 is 10.1 Å². The lowest BCUT2D eigenvalue weighted by Gasteiger charge is -2.20. The Labute approximate surface area is 87.7 Å². The number of hydrogen-bond acceptors (Lipinski definition) is 2. The fourth-order valence-corrected chi connectivity index (χ4v) is 2.06. The normalized spacial score (nSPS) is 28.9. The molecule has 0 bridgehead atoms. The topological polar surface area (TPSA) is 21.3 Å². The van der Waals surface area contributed by atoms with Crippen molar-refractivity contribution in [2.75, 3.05) is 13.2 Å². The molecule has 2 nitrogen and oxygen atoms in total. The lowest BCUT2D eigenvalue weighted by atomic mass is 9.95. The molecule has 3 atom stereocenters. The first-order valence-corrected chi connectivity index (χ1v) is 5.63. The van der Waals surface area contributed by atoms with Crippen LogP contribution in [0.15, 0.2) is 11.6 Å². The molecular weight excluding hydrogens is 174 g/mol. The predicted molar refractivity (Wildman–Crippen MR) is 60.4 cm³/mol. The van der Waals surface area contributed by atoms with Crippen LogP contribution in [0.5, 0.6) is 0 Å². The third kappa shape index (κ3) is 3.43. The molecule has 0 radical (unpaired) electrons. The fourth-order valence-electron chi connectivity index (χ4n) is 2.06. The van der Waals surface area contributed by atoms with E-state index < -0.39 is 0 Å². The standard InChI is InChI=1S/C12H23NO/c1-5-13-12(6-9(2)3)11-7-10(4)14-8-11/h6,10-13H,5,7-8H2,1-4H3. The minimum absolute atomic E-state index is 0.437. The maximum absolute atomic E-state index is 5.61. The van der Waals surface area contributed by atoms with Gasteiger partial charge >= 0.3 is 0 Å². The highest BCUT2D eigenvalue weighted by atomic mass is 16.5. The molecule has 0 amide bonds. The van der Waals surface area contributed by atoms with Gasteiger partial charge in [-0.25, -0.2) is 0 Å². The van der Waals surface area contributed by atoms with E-state index in [-0.39, 0.29) is 0 Å². The molecule has 0 saturated carbocycles. The van der Waals surface area contributed by atoms with Crippen LogP contribution in [-0.2, 0) is 4.74 Å². The summed E-state index contributed by atoms with van der Waals surface area (Å²) in [6.07, 6.45) is 3.95. The molecule has 0 spiro atoms. The summed E-state index contributed by atoms with van der Waals surface area (Å²) in [7, 11) is 0. The SMILES string of the molecule is CCNC(C=C(C)C)C1COC(C)C1. The van der Waals surface area contributed by atoms with Crippen LogP contribution in [0, 0.1) is 5.92 Å². The zero-order chi connectivity index (χ0) is 10.6. The molecule has 0 aromatic carbocycles. The van der Waals surface area contributed by atoms with Crippen LogP contribution in [0.1, 0.15) is 34.1 Å². The summed E-state index contributed by atoms with van der Waals surface area (Å²) in [6.45, 7) is 10.6. The van der Waals surface area contributed by atoms with Crippen molar-refractivity contribution in [1.82, 2.24) is 5.32 Å². The summed E-state index contributed by atoms with van der Waals surface area (Å²) in [5, 5.41) is 3.52. The van der Waals surface area contributed by atoms with Gasteiger partial charge in [0, 0.05) is 12.0 Å². The van der Waals surface area contributed by atoms with Crippen LogP contribution in [0.25, 0.3) is 0 Å². The molecule has 3 unspecified atom stereocenters. The van der Waals surface area contributed by atoms with Gasteiger partial charge in [-0.05, 0) is 33.7 Å². The second-order valence-corrected chi connectivity index (χ2v) is 4.47. The summed E-state index contributed by atoms with van der Waals surface area (Å²) < 4.78 is 5.61. The molecule has 0 aromatic heterocycles. The summed E-state index contributed by atoms with van der Waals surface area (Å²) >= 11 is 0. The summed E-state index contributed by atoms with van der Waals surface area (Å²) in [5.74, 6) is 0.653. The van der Waals surface area contributed by atoms with Gasteiger partial charge in [0.15, 0.2) is 0 Å². The monoisotopic (exact) mass is 197 g/mol. The quantitative estimate of drug-likeness (QED) is 0.699. The largest absolute Gasteiger partial charge is 0.378 e. The van der Waals surface area contributed by atoms with E-state index in [2.05, 4.69) is 39.1 Å². The van der Waals surface area contributed by atoms with E-state index in [0.717, 1.165) is 13.2 Å². The minimum Gasteiger partial charge on any atom is -0.378 e. The number of likely N-dealkylation sites (N-methyl/N-ethyl adjacent to an activating group) is 1. The predicted octanol–water partition coefficient (Wildman–Crippen LogP) is 2.36. The Morgan fingerprint density at radius 1 is 1.57 bits per heavy atom. The van der Waals surface area contributed by atoms with Gasteiger partial charge in [-0.15, -0.1) is 0 Å². The van der Waals surface area contributed by atoms with E-state index in [9.17, 15) is 0 Å². The highest BCUT2D eigenvalue weighted by Gasteiger charge is 2.27. The second kappa shape index (κ2) is 5.52. The van der Waals surface area contributed by atoms with Crippen molar-refractivity contribution >= 4 is 0 Å². The van der Waals surface area contributed by atoms with Gasteiger partial charge in [0.1, 0.15) is 0 Å². The number of allylic oxidation sites excluding steroid dienone is 1. The lowest BCUT2D eigenvalue weighted by Crippen LogP contribution is -2.35. The third-order valence-electron chi connectivity index (χ3n) is 2.69. The highest BCUT2D eigenvalue weighted by Crippen LogP contribution is 2.23. The van der Waals surface area contributed by atoms with E-state index in [1.54, 1.807) is 0 Å². The van der Waals surface area contributed by atoms with Gasteiger partial charge in [0.05, 0.1) is 12.7 Å². The molecule has 1 fully saturated rings. The van der Waals surface area contributed by atoms with E-state index in [1.807, 2.05) is 0 Å². The smallest absolute Gasteiger partial charge is 0.0551 e. The summed E-state index contributed by atoms with van der Waals surface area (Å²) in [4.78, 5) is 0. The van der Waals surface area contributed by atoms with Crippen molar-refractivity contribution in [1.29, 1.82) is 0 Å². The Balaban J connectivity index is 2.54. The molecule has 1 aliphatic heterocycles. The van der Waals surface area contributed by atoms with Crippen LogP contribution in [-0.4, -0.2) is 25.3 Å². The average molecular weight is 197 g/mol. The van der Waals surface area contributed by atoms with E-state index in [4.69, 9.17) is 4.74 Å². The average Bonchev–Trinajstić information content (AvgIpc) is 2.50.